The van der Waals surface area contributed by atoms with Crippen LogP contribution in [0.2, 0.25) is 18.1 Å². The molecule has 0 spiro atoms. The third-order valence-corrected chi connectivity index (χ3v) is 14.4. The van der Waals surface area contributed by atoms with E-state index >= 15 is 0 Å². The Labute approximate surface area is 208 Å². The van der Waals surface area contributed by atoms with E-state index in [0.29, 0.717) is 17.8 Å². The van der Waals surface area contributed by atoms with Gasteiger partial charge in [0.15, 0.2) is 0 Å². The number of rotatable bonds is 5. The van der Waals surface area contributed by atoms with Crippen LogP contribution in [0.25, 0.3) is 0 Å². The van der Waals surface area contributed by atoms with E-state index in [1.54, 1.807) is 0 Å². The fourth-order valence-corrected chi connectivity index (χ4v) is 7.85. The molecule has 0 radical (unpaired) electrons. The normalized spacial score (nSPS) is 32.8. The Morgan fingerprint density at radius 3 is 2.59 bits per heavy atom. The second-order valence-electron chi connectivity index (χ2n) is 13.0. The number of fused-ring (bicyclic) bond motifs is 5. The Hall–Kier alpha value is -1.28. The second-order valence-corrected chi connectivity index (χ2v) is 17.7. The summed E-state index contributed by atoms with van der Waals surface area (Å²) in [5.74, 6) is 9.42. The Morgan fingerprint density at radius 2 is 1.88 bits per heavy atom. The van der Waals surface area contributed by atoms with Gasteiger partial charge in [0.1, 0.15) is 11.4 Å². The fourth-order valence-electron chi connectivity index (χ4n) is 6.83. The molecular weight excluding hydrogens is 436 g/mol. The Morgan fingerprint density at radius 1 is 1.12 bits per heavy atom. The van der Waals surface area contributed by atoms with Gasteiger partial charge in [0.25, 0.3) is 0 Å². The van der Waals surface area contributed by atoms with Crippen molar-refractivity contribution in [3.8, 4) is 17.6 Å². The van der Waals surface area contributed by atoms with Gasteiger partial charge in [-0.2, -0.15) is 0 Å². The van der Waals surface area contributed by atoms with Crippen LogP contribution in [0.1, 0.15) is 96.1 Å². The number of unbranched alkanes of at least 4 members (excludes halogenated alkanes) is 2. The van der Waals surface area contributed by atoms with Gasteiger partial charge < -0.3 is 14.6 Å². The molecule has 5 atom stereocenters. The van der Waals surface area contributed by atoms with Gasteiger partial charge >= 0.3 is 0 Å². The molecule has 1 aromatic rings. The average molecular weight is 483 g/mol. The molecule has 3 aliphatic carbocycles. The maximum atomic E-state index is 11.7. The largest absolute Gasteiger partial charge is 0.543 e. The van der Waals surface area contributed by atoms with Gasteiger partial charge in [-0.1, -0.05) is 39.7 Å². The van der Waals surface area contributed by atoms with E-state index in [9.17, 15) is 5.11 Å². The Balaban J connectivity index is 1.51. The number of hydrogen-bond acceptors (Lipinski definition) is 3. The minimum Gasteiger partial charge on any atom is -0.543 e. The van der Waals surface area contributed by atoms with Gasteiger partial charge in [-0.25, -0.2) is 0 Å². The molecule has 2 saturated carbocycles. The highest BCUT2D eigenvalue weighted by Gasteiger charge is 2.61. The molecule has 0 aromatic heterocycles. The molecule has 0 heterocycles. The van der Waals surface area contributed by atoms with Crippen molar-refractivity contribution in [2.45, 2.75) is 115 Å². The minimum absolute atomic E-state index is 0.110. The first-order valence-corrected chi connectivity index (χ1v) is 16.5. The number of aliphatic hydroxyl groups excluding tert-OH is 1. The predicted octanol–water partition coefficient (Wildman–Crippen LogP) is 6.82. The third kappa shape index (κ3) is 4.49. The lowest BCUT2D eigenvalue weighted by molar-refractivity contribution is -0.0648. The van der Waals surface area contributed by atoms with Crippen molar-refractivity contribution in [3.63, 3.8) is 0 Å². The second kappa shape index (κ2) is 9.30. The van der Waals surface area contributed by atoms with Crippen LogP contribution in [0, 0.1) is 29.1 Å². The van der Waals surface area contributed by atoms with Crippen LogP contribution in [0.4, 0.5) is 0 Å². The lowest BCUT2D eigenvalue weighted by Crippen LogP contribution is -2.50. The standard InChI is InChI=1S/C30H46O3Si/c1-28(2,3)34(5,6)33-23-12-14-24-22(21-23)11-13-26-25(24)15-18-29(4)27(26)16-19-30(29,32)17-9-7-8-10-20-31/h12,14,21,25-27,31-32H,7-8,10-11,13,15-16,18-20H2,1-6H3/t25-,26-,27+,29+,30+/m1/s1. The van der Waals surface area contributed by atoms with E-state index in [-0.39, 0.29) is 17.1 Å². The number of benzene rings is 1. The van der Waals surface area contributed by atoms with Crippen LogP contribution in [0.3, 0.4) is 0 Å². The minimum atomic E-state index is -1.84. The molecule has 1 aromatic carbocycles. The molecule has 0 bridgehead atoms. The van der Waals surface area contributed by atoms with Gasteiger partial charge in [-0.3, -0.25) is 0 Å². The summed E-state index contributed by atoms with van der Waals surface area (Å²) in [4.78, 5) is 0. The summed E-state index contributed by atoms with van der Waals surface area (Å²) in [6.07, 6.45) is 8.86. The maximum Gasteiger partial charge on any atom is 0.250 e. The third-order valence-electron chi connectivity index (χ3n) is 10.0. The van der Waals surface area contributed by atoms with Crippen molar-refractivity contribution in [3.05, 3.63) is 29.3 Å². The maximum absolute atomic E-state index is 11.7. The van der Waals surface area contributed by atoms with Crippen molar-refractivity contribution < 1.29 is 14.6 Å². The lowest BCUT2D eigenvalue weighted by Gasteiger charge is -2.52. The molecule has 4 rings (SSSR count). The summed E-state index contributed by atoms with van der Waals surface area (Å²) in [6.45, 7) is 14.1. The Kier molecular flexibility index (Phi) is 7.06. The quantitative estimate of drug-likeness (QED) is 0.275. The molecule has 0 saturated heterocycles. The van der Waals surface area contributed by atoms with Crippen molar-refractivity contribution in [2.24, 2.45) is 17.3 Å². The van der Waals surface area contributed by atoms with Crippen molar-refractivity contribution in [2.75, 3.05) is 6.61 Å². The van der Waals surface area contributed by atoms with Crippen molar-refractivity contribution in [1.29, 1.82) is 0 Å². The monoisotopic (exact) mass is 482 g/mol. The first-order valence-electron chi connectivity index (χ1n) is 13.6. The molecule has 3 nitrogen and oxygen atoms in total. The number of hydrogen-bond donors (Lipinski definition) is 2. The van der Waals surface area contributed by atoms with Crippen LogP contribution in [0.15, 0.2) is 18.2 Å². The first-order chi connectivity index (χ1) is 15.9. The molecule has 3 aliphatic rings. The molecule has 2 fully saturated rings. The van der Waals surface area contributed by atoms with Gasteiger partial charge in [-0.15, -0.1) is 5.92 Å². The SMILES string of the molecule is CC(C)(C)[Si](C)(C)Oc1ccc2c(c1)CC[C@@H]1[C@@H]2CC[C@@]2(C)[C@H]1CC[C@@]2(O)C#CCCCCO. The zero-order chi connectivity index (χ0) is 24.8. The zero-order valence-electron chi connectivity index (χ0n) is 22.3. The lowest BCUT2D eigenvalue weighted by atomic mass is 9.53. The van der Waals surface area contributed by atoms with Gasteiger partial charge in [-0.05, 0) is 111 Å². The van der Waals surface area contributed by atoms with Gasteiger partial charge in [0, 0.05) is 18.4 Å². The van der Waals surface area contributed by atoms with E-state index in [1.165, 1.54) is 17.5 Å². The molecule has 0 unspecified atom stereocenters. The molecule has 0 aliphatic heterocycles. The summed E-state index contributed by atoms with van der Waals surface area (Å²) in [7, 11) is -1.84. The van der Waals surface area contributed by atoms with Crippen LogP contribution in [-0.4, -0.2) is 30.7 Å². The van der Waals surface area contributed by atoms with Crippen LogP contribution in [-0.2, 0) is 6.42 Å². The molecule has 34 heavy (non-hydrogen) atoms. The zero-order valence-corrected chi connectivity index (χ0v) is 23.3. The van der Waals surface area contributed by atoms with E-state index < -0.39 is 13.9 Å². The molecule has 4 heteroatoms. The van der Waals surface area contributed by atoms with E-state index in [0.717, 1.165) is 57.1 Å². The van der Waals surface area contributed by atoms with E-state index in [2.05, 4.69) is 70.8 Å². The topological polar surface area (TPSA) is 49.7 Å². The van der Waals surface area contributed by atoms with E-state index in [1.807, 2.05) is 0 Å². The van der Waals surface area contributed by atoms with Crippen molar-refractivity contribution in [1.82, 2.24) is 0 Å². The highest BCUT2D eigenvalue weighted by molar-refractivity contribution is 6.74. The molecular formula is C30H46O3Si. The van der Waals surface area contributed by atoms with E-state index in [4.69, 9.17) is 9.53 Å². The smallest absolute Gasteiger partial charge is 0.250 e. The van der Waals surface area contributed by atoms with Crippen LogP contribution in [0.5, 0.6) is 5.75 Å². The van der Waals surface area contributed by atoms with Crippen LogP contribution >= 0.6 is 0 Å². The number of aliphatic hydroxyl groups is 2. The molecule has 2 N–H and O–H groups in total. The van der Waals surface area contributed by atoms with Gasteiger partial charge in [0.05, 0.1) is 0 Å². The number of aryl methyl sites for hydroxylation is 1. The summed E-state index contributed by atoms with van der Waals surface area (Å²) in [5, 5.41) is 20.9. The summed E-state index contributed by atoms with van der Waals surface area (Å²) in [5.41, 5.74) is 2.05. The predicted molar refractivity (Wildman–Crippen MR) is 143 cm³/mol. The highest BCUT2D eigenvalue weighted by Crippen LogP contribution is 2.64. The van der Waals surface area contributed by atoms with Crippen LogP contribution < -0.4 is 4.43 Å². The fraction of sp³-hybridized carbons (Fsp3) is 0.733. The first kappa shape index (κ1) is 25.8. The molecule has 0 amide bonds. The highest BCUT2D eigenvalue weighted by atomic mass is 28.4. The summed E-state index contributed by atoms with van der Waals surface area (Å²) < 4.78 is 6.62. The summed E-state index contributed by atoms with van der Waals surface area (Å²) in [6, 6.07) is 6.92. The van der Waals surface area contributed by atoms with Gasteiger partial charge in [0.2, 0.25) is 8.32 Å². The average Bonchev–Trinajstić information content (AvgIpc) is 3.03. The molecule has 188 valence electrons. The summed E-state index contributed by atoms with van der Waals surface area (Å²) >= 11 is 0. The van der Waals surface area contributed by atoms with Crippen molar-refractivity contribution >= 4 is 8.32 Å². The Bertz CT molecular complexity index is 952.